The number of likely N-dealkylation sites (tertiary alicyclic amines) is 1. The van der Waals surface area contributed by atoms with Crippen molar-refractivity contribution in [2.45, 2.75) is 19.9 Å². The molecule has 94 valence electrons. The summed E-state index contributed by atoms with van der Waals surface area (Å²) >= 11 is 0. The minimum Gasteiger partial charge on any atom is -0.329 e. The molecule has 1 aromatic carbocycles. The van der Waals surface area contributed by atoms with Crippen LogP contribution in [0.15, 0.2) is 24.3 Å². The van der Waals surface area contributed by atoms with Gasteiger partial charge in [0.2, 0.25) is 0 Å². The van der Waals surface area contributed by atoms with Crippen LogP contribution in [0.25, 0.3) is 0 Å². The molecule has 2 N–H and O–H groups in total. The van der Waals surface area contributed by atoms with Crippen molar-refractivity contribution in [2.24, 2.45) is 17.6 Å². The molecule has 0 saturated carbocycles. The average molecular weight is 236 g/mol. The summed E-state index contributed by atoms with van der Waals surface area (Å²) in [5, 5.41) is 0. The van der Waals surface area contributed by atoms with E-state index in [4.69, 9.17) is 5.73 Å². The normalized spacial score (nSPS) is 27.3. The van der Waals surface area contributed by atoms with Gasteiger partial charge in [0.15, 0.2) is 0 Å². The van der Waals surface area contributed by atoms with E-state index in [2.05, 4.69) is 18.7 Å². The van der Waals surface area contributed by atoms with E-state index in [0.29, 0.717) is 18.4 Å². The van der Waals surface area contributed by atoms with Crippen molar-refractivity contribution in [1.29, 1.82) is 0 Å². The summed E-state index contributed by atoms with van der Waals surface area (Å²) in [6, 6.07) is 6.98. The van der Waals surface area contributed by atoms with E-state index in [1.807, 2.05) is 12.1 Å². The SMILES string of the molecule is CC1CN(C(CN)c2ccccc2F)CC1C. The maximum absolute atomic E-state index is 13.8. The Labute approximate surface area is 103 Å². The molecule has 1 fully saturated rings. The number of nitrogens with zero attached hydrogens (tertiary/aromatic N) is 1. The quantitative estimate of drug-likeness (QED) is 0.873. The van der Waals surface area contributed by atoms with E-state index < -0.39 is 0 Å². The Bertz CT molecular complexity index is 370. The highest BCUT2D eigenvalue weighted by Gasteiger charge is 2.31. The molecule has 0 radical (unpaired) electrons. The number of benzene rings is 1. The van der Waals surface area contributed by atoms with Gasteiger partial charge in [0.1, 0.15) is 5.82 Å². The van der Waals surface area contributed by atoms with Gasteiger partial charge in [-0.25, -0.2) is 4.39 Å². The van der Waals surface area contributed by atoms with Crippen LogP contribution in [0.1, 0.15) is 25.5 Å². The van der Waals surface area contributed by atoms with Crippen molar-refractivity contribution in [3.05, 3.63) is 35.6 Å². The maximum Gasteiger partial charge on any atom is 0.128 e. The number of hydrogen-bond acceptors (Lipinski definition) is 2. The molecule has 3 unspecified atom stereocenters. The third kappa shape index (κ3) is 2.50. The van der Waals surface area contributed by atoms with Crippen LogP contribution in [0.3, 0.4) is 0 Å². The average Bonchev–Trinajstić information content (AvgIpc) is 2.63. The zero-order valence-electron chi connectivity index (χ0n) is 10.6. The van der Waals surface area contributed by atoms with Crippen LogP contribution >= 0.6 is 0 Å². The molecule has 3 heteroatoms. The summed E-state index contributed by atoms with van der Waals surface area (Å²) in [4.78, 5) is 2.31. The second-order valence-corrected chi connectivity index (χ2v) is 5.18. The van der Waals surface area contributed by atoms with E-state index in [1.54, 1.807) is 6.07 Å². The van der Waals surface area contributed by atoms with Crippen LogP contribution in [0.4, 0.5) is 4.39 Å². The first kappa shape index (κ1) is 12.5. The van der Waals surface area contributed by atoms with E-state index in [-0.39, 0.29) is 11.9 Å². The summed E-state index contributed by atoms with van der Waals surface area (Å²) in [6.45, 7) is 6.99. The lowest BCUT2D eigenvalue weighted by molar-refractivity contribution is 0.235. The van der Waals surface area contributed by atoms with E-state index in [1.165, 1.54) is 6.07 Å². The minimum absolute atomic E-state index is 0.0172. The molecule has 1 aliphatic rings. The summed E-state index contributed by atoms with van der Waals surface area (Å²) in [7, 11) is 0. The monoisotopic (exact) mass is 236 g/mol. The van der Waals surface area contributed by atoms with Gasteiger partial charge in [0, 0.05) is 31.2 Å². The molecule has 17 heavy (non-hydrogen) atoms. The van der Waals surface area contributed by atoms with Crippen molar-refractivity contribution in [3.63, 3.8) is 0 Å². The van der Waals surface area contributed by atoms with Gasteiger partial charge < -0.3 is 5.73 Å². The molecule has 1 heterocycles. The van der Waals surface area contributed by atoms with E-state index >= 15 is 0 Å². The standard InChI is InChI=1S/C14H21FN2/c1-10-8-17(9-11(10)2)14(7-16)12-5-3-4-6-13(12)15/h3-6,10-11,14H,7-9,16H2,1-2H3. The fraction of sp³-hybridized carbons (Fsp3) is 0.571. The largest absolute Gasteiger partial charge is 0.329 e. The highest BCUT2D eigenvalue weighted by molar-refractivity contribution is 5.22. The van der Waals surface area contributed by atoms with Gasteiger partial charge in [-0.2, -0.15) is 0 Å². The predicted octanol–water partition coefficient (Wildman–Crippen LogP) is 2.41. The van der Waals surface area contributed by atoms with Crippen LogP contribution < -0.4 is 5.73 Å². The van der Waals surface area contributed by atoms with Gasteiger partial charge in [-0.05, 0) is 17.9 Å². The molecule has 0 spiro atoms. The summed E-state index contributed by atoms with van der Waals surface area (Å²) in [6.07, 6.45) is 0. The molecule has 1 aliphatic heterocycles. The molecule has 0 amide bonds. The van der Waals surface area contributed by atoms with Gasteiger partial charge in [0.25, 0.3) is 0 Å². The van der Waals surface area contributed by atoms with Crippen LogP contribution in [0.2, 0.25) is 0 Å². The Kier molecular flexibility index (Phi) is 3.79. The fourth-order valence-corrected chi connectivity index (χ4v) is 2.65. The van der Waals surface area contributed by atoms with Crippen LogP contribution in [-0.2, 0) is 0 Å². The molecule has 2 nitrogen and oxygen atoms in total. The van der Waals surface area contributed by atoms with Crippen molar-refractivity contribution in [1.82, 2.24) is 4.90 Å². The molecule has 0 aromatic heterocycles. The smallest absolute Gasteiger partial charge is 0.128 e. The molecule has 3 atom stereocenters. The van der Waals surface area contributed by atoms with Gasteiger partial charge in [-0.1, -0.05) is 32.0 Å². The van der Waals surface area contributed by atoms with Gasteiger partial charge >= 0.3 is 0 Å². The zero-order valence-corrected chi connectivity index (χ0v) is 10.6. The van der Waals surface area contributed by atoms with Gasteiger partial charge in [-0.15, -0.1) is 0 Å². The van der Waals surface area contributed by atoms with Crippen molar-refractivity contribution in [2.75, 3.05) is 19.6 Å². The highest BCUT2D eigenvalue weighted by Crippen LogP contribution is 2.31. The fourth-order valence-electron chi connectivity index (χ4n) is 2.65. The summed E-state index contributed by atoms with van der Waals surface area (Å²) in [5.41, 5.74) is 6.57. The summed E-state index contributed by atoms with van der Waals surface area (Å²) < 4.78 is 13.8. The topological polar surface area (TPSA) is 29.3 Å². The van der Waals surface area contributed by atoms with Crippen LogP contribution in [0, 0.1) is 17.7 Å². The second kappa shape index (κ2) is 5.15. The lowest BCUT2D eigenvalue weighted by atomic mass is 10.0. The molecular weight excluding hydrogens is 215 g/mol. The minimum atomic E-state index is -0.143. The Hall–Kier alpha value is -0.930. The second-order valence-electron chi connectivity index (χ2n) is 5.18. The molecule has 2 rings (SSSR count). The van der Waals surface area contributed by atoms with E-state index in [9.17, 15) is 4.39 Å². The first-order valence-corrected chi connectivity index (χ1v) is 6.32. The lowest BCUT2D eigenvalue weighted by Crippen LogP contribution is -2.32. The number of halogens is 1. The Morgan fingerprint density at radius 3 is 2.41 bits per heavy atom. The van der Waals surface area contributed by atoms with Crippen molar-refractivity contribution >= 4 is 0 Å². The Balaban J connectivity index is 2.20. The number of hydrogen-bond donors (Lipinski definition) is 1. The first-order valence-electron chi connectivity index (χ1n) is 6.32. The number of rotatable bonds is 3. The van der Waals surface area contributed by atoms with Crippen molar-refractivity contribution in [3.8, 4) is 0 Å². The molecular formula is C14H21FN2. The third-order valence-corrected chi connectivity index (χ3v) is 3.94. The van der Waals surface area contributed by atoms with Crippen LogP contribution in [-0.4, -0.2) is 24.5 Å². The first-order chi connectivity index (χ1) is 8.13. The Morgan fingerprint density at radius 2 is 1.88 bits per heavy atom. The van der Waals surface area contributed by atoms with Gasteiger partial charge in [0.05, 0.1) is 0 Å². The van der Waals surface area contributed by atoms with E-state index in [0.717, 1.165) is 18.7 Å². The molecule has 0 aliphatic carbocycles. The number of nitrogens with two attached hydrogens (primary N) is 1. The van der Waals surface area contributed by atoms with Crippen molar-refractivity contribution < 1.29 is 4.39 Å². The predicted molar refractivity (Wildman–Crippen MR) is 68.1 cm³/mol. The summed E-state index contributed by atoms with van der Waals surface area (Å²) in [5.74, 6) is 1.18. The highest BCUT2D eigenvalue weighted by atomic mass is 19.1. The molecule has 1 saturated heterocycles. The maximum atomic E-state index is 13.8. The lowest BCUT2D eigenvalue weighted by Gasteiger charge is -2.27. The molecule has 1 aromatic rings. The third-order valence-electron chi connectivity index (χ3n) is 3.94. The Morgan fingerprint density at radius 1 is 1.29 bits per heavy atom. The zero-order chi connectivity index (χ0) is 12.4. The molecule has 0 bridgehead atoms. The van der Waals surface area contributed by atoms with Gasteiger partial charge in [-0.3, -0.25) is 4.90 Å². The van der Waals surface area contributed by atoms with Crippen LogP contribution in [0.5, 0.6) is 0 Å².